The summed E-state index contributed by atoms with van der Waals surface area (Å²) in [5.41, 5.74) is -1.33. The predicted octanol–water partition coefficient (Wildman–Crippen LogP) is 2.40. The first-order valence-electron chi connectivity index (χ1n) is 3.28. The molecule has 0 bridgehead atoms. The molecule has 0 unspecified atom stereocenters. The second-order valence-electron chi connectivity index (χ2n) is 2.36. The molecule has 3 nitrogen and oxygen atoms in total. The highest BCUT2D eigenvalue weighted by atomic mass is 127. The molecule has 1 aromatic rings. The quantitative estimate of drug-likeness (QED) is 0.809. The molecule has 0 fully saturated rings. The molecule has 76 valence electrons. The van der Waals surface area contributed by atoms with Crippen molar-refractivity contribution in [2.75, 3.05) is 0 Å². The zero-order chi connectivity index (χ0) is 10.9. The first-order valence-corrected chi connectivity index (χ1v) is 4.36. The molecule has 1 N–H and O–H groups in total. The van der Waals surface area contributed by atoms with Crippen LogP contribution in [-0.4, -0.2) is 16.1 Å². The van der Waals surface area contributed by atoms with E-state index in [9.17, 15) is 18.0 Å². The molecule has 0 amide bonds. The predicted molar refractivity (Wildman–Crippen MR) is 48.9 cm³/mol. The SMILES string of the molecule is O=C(O)c1ncc(C(F)(F)F)cc1I. The monoisotopic (exact) mass is 317 g/mol. The summed E-state index contributed by atoms with van der Waals surface area (Å²) in [4.78, 5) is 13.7. The largest absolute Gasteiger partial charge is 0.476 e. The first kappa shape index (κ1) is 11.2. The fraction of sp³-hybridized carbons (Fsp3) is 0.143. The number of halogens is 4. The standard InChI is InChI=1S/C7H3F3INO2/c8-7(9,10)3-1-4(11)5(6(13)14)12-2-3/h1-2H,(H,13,14). The molecule has 0 aliphatic heterocycles. The molecule has 14 heavy (non-hydrogen) atoms. The Bertz CT molecular complexity index is 378. The van der Waals surface area contributed by atoms with Gasteiger partial charge in [0, 0.05) is 9.77 Å². The minimum atomic E-state index is -4.50. The Morgan fingerprint density at radius 3 is 2.43 bits per heavy atom. The maximum absolute atomic E-state index is 12.1. The van der Waals surface area contributed by atoms with Crippen LogP contribution in [0.3, 0.4) is 0 Å². The van der Waals surface area contributed by atoms with E-state index >= 15 is 0 Å². The number of carboxylic acid groups (broad SMARTS) is 1. The van der Waals surface area contributed by atoms with Crippen LogP contribution in [0.1, 0.15) is 16.1 Å². The minimum Gasteiger partial charge on any atom is -0.476 e. The summed E-state index contributed by atoms with van der Waals surface area (Å²) < 4.78 is 36.3. The number of aromatic nitrogens is 1. The molecular weight excluding hydrogens is 314 g/mol. The van der Waals surface area contributed by atoms with E-state index in [1.165, 1.54) is 22.6 Å². The number of aromatic carboxylic acids is 1. The Kier molecular flexibility index (Phi) is 2.98. The van der Waals surface area contributed by atoms with Gasteiger partial charge < -0.3 is 5.11 Å². The molecule has 1 rings (SSSR count). The van der Waals surface area contributed by atoms with Crippen molar-refractivity contribution in [1.29, 1.82) is 0 Å². The van der Waals surface area contributed by atoms with Gasteiger partial charge >= 0.3 is 12.1 Å². The molecule has 0 saturated carbocycles. The minimum absolute atomic E-state index is 0.0371. The van der Waals surface area contributed by atoms with Crippen LogP contribution in [0.2, 0.25) is 0 Å². The van der Waals surface area contributed by atoms with E-state index in [-0.39, 0.29) is 9.26 Å². The molecule has 7 heteroatoms. The maximum Gasteiger partial charge on any atom is 0.417 e. The van der Waals surface area contributed by atoms with Crippen LogP contribution in [0.5, 0.6) is 0 Å². The van der Waals surface area contributed by atoms with E-state index in [1.807, 2.05) is 0 Å². The summed E-state index contributed by atoms with van der Waals surface area (Å²) >= 11 is 1.50. The number of carbonyl (C=O) groups is 1. The first-order chi connectivity index (χ1) is 6.32. The Morgan fingerprint density at radius 1 is 1.50 bits per heavy atom. The summed E-state index contributed by atoms with van der Waals surface area (Å²) in [6, 6.07) is 0.747. The van der Waals surface area contributed by atoms with E-state index in [4.69, 9.17) is 5.11 Å². The van der Waals surface area contributed by atoms with Crippen molar-refractivity contribution in [1.82, 2.24) is 4.98 Å². The molecule has 0 aromatic carbocycles. The van der Waals surface area contributed by atoms with Gasteiger partial charge in [-0.1, -0.05) is 0 Å². The smallest absolute Gasteiger partial charge is 0.417 e. The third-order valence-corrected chi connectivity index (χ3v) is 2.19. The molecule has 1 heterocycles. The van der Waals surface area contributed by atoms with E-state index in [1.54, 1.807) is 0 Å². The van der Waals surface area contributed by atoms with Crippen molar-refractivity contribution in [3.63, 3.8) is 0 Å². The lowest BCUT2D eigenvalue weighted by Gasteiger charge is -2.06. The zero-order valence-corrected chi connectivity index (χ0v) is 8.63. The lowest BCUT2D eigenvalue weighted by atomic mass is 10.2. The highest BCUT2D eigenvalue weighted by molar-refractivity contribution is 14.1. The molecule has 0 saturated heterocycles. The van der Waals surface area contributed by atoms with Gasteiger partial charge in [0.15, 0.2) is 5.69 Å². The van der Waals surface area contributed by atoms with Crippen LogP contribution >= 0.6 is 22.6 Å². The highest BCUT2D eigenvalue weighted by Gasteiger charge is 2.31. The van der Waals surface area contributed by atoms with Crippen molar-refractivity contribution >= 4 is 28.6 Å². The van der Waals surface area contributed by atoms with Gasteiger partial charge in [0.1, 0.15) is 0 Å². The normalized spacial score (nSPS) is 11.4. The average Bonchev–Trinajstić information content (AvgIpc) is 2.01. The number of alkyl halides is 3. The second-order valence-corrected chi connectivity index (χ2v) is 3.52. The van der Waals surface area contributed by atoms with E-state index in [0.717, 1.165) is 6.07 Å². The van der Waals surface area contributed by atoms with Gasteiger partial charge in [0.25, 0.3) is 0 Å². The molecule has 0 aliphatic rings. The lowest BCUT2D eigenvalue weighted by molar-refractivity contribution is -0.137. The third-order valence-electron chi connectivity index (χ3n) is 1.37. The van der Waals surface area contributed by atoms with Crippen LogP contribution in [0.25, 0.3) is 0 Å². The maximum atomic E-state index is 12.1. The number of carboxylic acids is 1. The van der Waals surface area contributed by atoms with Crippen LogP contribution in [0, 0.1) is 3.57 Å². The van der Waals surface area contributed by atoms with Crippen molar-refractivity contribution < 1.29 is 23.1 Å². The topological polar surface area (TPSA) is 50.2 Å². The van der Waals surface area contributed by atoms with Crippen LogP contribution in [0.15, 0.2) is 12.3 Å². The Morgan fingerprint density at radius 2 is 2.07 bits per heavy atom. The Hall–Kier alpha value is -0.860. The van der Waals surface area contributed by atoms with Crippen molar-refractivity contribution in [3.05, 3.63) is 27.1 Å². The Balaban J connectivity index is 3.20. The van der Waals surface area contributed by atoms with E-state index < -0.39 is 17.7 Å². The summed E-state index contributed by atoms with van der Waals surface area (Å²) in [6.07, 6.45) is -3.99. The number of rotatable bonds is 1. The van der Waals surface area contributed by atoms with Crippen molar-refractivity contribution in [2.45, 2.75) is 6.18 Å². The van der Waals surface area contributed by atoms with Gasteiger partial charge in [0.05, 0.1) is 5.56 Å². The fourth-order valence-electron chi connectivity index (χ4n) is 0.750. The number of hydrogen-bond acceptors (Lipinski definition) is 2. The third kappa shape index (κ3) is 2.34. The second kappa shape index (κ2) is 3.71. The van der Waals surface area contributed by atoms with Gasteiger partial charge in [-0.25, -0.2) is 9.78 Å². The molecular formula is C7H3F3INO2. The van der Waals surface area contributed by atoms with Crippen LogP contribution in [-0.2, 0) is 6.18 Å². The summed E-state index contributed by atoms with van der Waals surface area (Å²) in [5.74, 6) is -1.34. The molecule has 1 aromatic heterocycles. The average molecular weight is 317 g/mol. The van der Waals surface area contributed by atoms with Crippen molar-refractivity contribution in [2.24, 2.45) is 0 Å². The Labute approximate surface area is 90.1 Å². The van der Waals surface area contributed by atoms with Crippen LogP contribution in [0.4, 0.5) is 13.2 Å². The van der Waals surface area contributed by atoms with E-state index in [2.05, 4.69) is 4.98 Å². The molecule has 0 atom stereocenters. The summed E-state index contributed by atoms with van der Waals surface area (Å²) in [7, 11) is 0. The molecule has 0 spiro atoms. The molecule has 0 aliphatic carbocycles. The number of nitrogens with zero attached hydrogens (tertiary/aromatic N) is 1. The number of hydrogen-bond donors (Lipinski definition) is 1. The van der Waals surface area contributed by atoms with Gasteiger partial charge in [-0.05, 0) is 28.7 Å². The lowest BCUT2D eigenvalue weighted by Crippen LogP contribution is -2.10. The fourth-order valence-corrected chi connectivity index (χ4v) is 1.46. The summed E-state index contributed by atoms with van der Waals surface area (Å²) in [5, 5.41) is 8.51. The van der Waals surface area contributed by atoms with Gasteiger partial charge in [-0.15, -0.1) is 0 Å². The van der Waals surface area contributed by atoms with Crippen molar-refractivity contribution in [3.8, 4) is 0 Å². The number of pyridine rings is 1. The van der Waals surface area contributed by atoms with Gasteiger partial charge in [0.2, 0.25) is 0 Å². The highest BCUT2D eigenvalue weighted by Crippen LogP contribution is 2.29. The van der Waals surface area contributed by atoms with E-state index in [0.29, 0.717) is 6.20 Å². The molecule has 0 radical (unpaired) electrons. The van der Waals surface area contributed by atoms with Crippen LogP contribution < -0.4 is 0 Å². The zero-order valence-electron chi connectivity index (χ0n) is 6.47. The van der Waals surface area contributed by atoms with Gasteiger partial charge in [-0.2, -0.15) is 13.2 Å². The van der Waals surface area contributed by atoms with Gasteiger partial charge in [-0.3, -0.25) is 0 Å². The summed E-state index contributed by atoms with van der Waals surface area (Å²) in [6.45, 7) is 0.